The molecule has 2 heterocycles. The molecule has 1 fully saturated rings. The number of hydrogen-bond donors (Lipinski definition) is 1. The molecule has 4 rings (SSSR count). The number of amides is 1. The van der Waals surface area contributed by atoms with E-state index >= 15 is 0 Å². The molecule has 1 aliphatic rings. The molecule has 1 aliphatic carbocycles. The number of carbonyl (C=O) groups is 1. The topological polar surface area (TPSA) is 64.7 Å². The maximum Gasteiger partial charge on any atom is 0.270 e. The van der Waals surface area contributed by atoms with E-state index in [1.165, 1.54) is 0 Å². The van der Waals surface area contributed by atoms with Gasteiger partial charge in [0.1, 0.15) is 5.69 Å². The van der Waals surface area contributed by atoms with Crippen LogP contribution in [0, 0.1) is 0 Å². The normalized spacial score (nSPS) is 15.1. The van der Waals surface area contributed by atoms with Crippen LogP contribution in [0.15, 0.2) is 54.9 Å². The van der Waals surface area contributed by atoms with Crippen LogP contribution in [0.5, 0.6) is 0 Å². The van der Waals surface area contributed by atoms with Crippen molar-refractivity contribution in [2.24, 2.45) is 0 Å². The van der Waals surface area contributed by atoms with Crippen LogP contribution in [-0.2, 0) is 6.54 Å². The molecule has 1 amide bonds. The molecule has 0 radical (unpaired) electrons. The third-order valence-electron chi connectivity index (χ3n) is 4.35. The van der Waals surface area contributed by atoms with Crippen LogP contribution in [0.1, 0.15) is 41.9 Å². The van der Waals surface area contributed by atoms with Crippen LogP contribution in [0.4, 0.5) is 0 Å². The predicted molar refractivity (Wildman–Crippen MR) is 94.7 cm³/mol. The smallest absolute Gasteiger partial charge is 0.270 e. The summed E-state index contributed by atoms with van der Waals surface area (Å²) in [6.07, 6.45) is 5.94. The van der Waals surface area contributed by atoms with Crippen molar-refractivity contribution in [3.05, 3.63) is 66.2 Å². The molecule has 1 saturated carbocycles. The van der Waals surface area contributed by atoms with Crippen LogP contribution < -0.4 is 5.32 Å². The lowest BCUT2D eigenvalue weighted by molar-refractivity contribution is 0.0928. The van der Waals surface area contributed by atoms with Crippen molar-refractivity contribution in [2.75, 3.05) is 0 Å². The Morgan fingerprint density at radius 1 is 1.28 bits per heavy atom. The zero-order valence-electron chi connectivity index (χ0n) is 14.2. The van der Waals surface area contributed by atoms with Crippen molar-refractivity contribution in [2.45, 2.75) is 38.3 Å². The second kappa shape index (κ2) is 6.55. The predicted octanol–water partition coefficient (Wildman–Crippen LogP) is 2.76. The highest BCUT2D eigenvalue weighted by atomic mass is 16.2. The first kappa shape index (κ1) is 15.6. The van der Waals surface area contributed by atoms with E-state index in [0.29, 0.717) is 18.2 Å². The average molecular weight is 335 g/mol. The molecule has 1 aromatic carbocycles. The summed E-state index contributed by atoms with van der Waals surface area (Å²) in [5, 5.41) is 11.9. The van der Waals surface area contributed by atoms with E-state index in [1.54, 1.807) is 10.9 Å². The van der Waals surface area contributed by atoms with Crippen LogP contribution in [0.25, 0.3) is 5.69 Å². The molecule has 0 aliphatic heterocycles. The molecule has 25 heavy (non-hydrogen) atoms. The van der Waals surface area contributed by atoms with Crippen molar-refractivity contribution >= 4 is 5.91 Å². The number of nitrogens with zero attached hydrogens (tertiary/aromatic N) is 4. The van der Waals surface area contributed by atoms with E-state index < -0.39 is 0 Å². The van der Waals surface area contributed by atoms with Crippen LogP contribution in [0.2, 0.25) is 0 Å². The lowest BCUT2D eigenvalue weighted by Gasteiger charge is -2.14. The summed E-state index contributed by atoms with van der Waals surface area (Å²) in [5.74, 6) is 0.390. The summed E-state index contributed by atoms with van der Waals surface area (Å²) >= 11 is 0. The molecule has 6 heteroatoms. The van der Waals surface area contributed by atoms with Gasteiger partial charge in [-0.3, -0.25) is 9.48 Å². The minimum atomic E-state index is -0.108. The minimum absolute atomic E-state index is 0.0316. The lowest BCUT2D eigenvalue weighted by Crippen LogP contribution is -2.36. The first-order chi connectivity index (χ1) is 12.2. The second-order valence-electron chi connectivity index (χ2n) is 6.58. The number of benzene rings is 1. The van der Waals surface area contributed by atoms with Crippen molar-refractivity contribution in [1.82, 2.24) is 24.9 Å². The second-order valence-corrected chi connectivity index (χ2v) is 6.58. The van der Waals surface area contributed by atoms with Crippen molar-refractivity contribution in [1.29, 1.82) is 0 Å². The summed E-state index contributed by atoms with van der Waals surface area (Å²) in [6.45, 7) is 2.61. The highest BCUT2D eigenvalue weighted by molar-refractivity contribution is 5.93. The van der Waals surface area contributed by atoms with E-state index in [1.807, 2.05) is 60.3 Å². The van der Waals surface area contributed by atoms with Gasteiger partial charge >= 0.3 is 0 Å². The minimum Gasteiger partial charge on any atom is -0.346 e. The van der Waals surface area contributed by atoms with Gasteiger partial charge in [0, 0.05) is 24.4 Å². The monoisotopic (exact) mass is 335 g/mol. The number of nitrogens with one attached hydrogen (secondary N) is 1. The van der Waals surface area contributed by atoms with Gasteiger partial charge in [-0.05, 0) is 44.0 Å². The highest BCUT2D eigenvalue weighted by Gasteiger charge is 2.29. The van der Waals surface area contributed by atoms with Crippen LogP contribution in [-0.4, -0.2) is 31.5 Å². The van der Waals surface area contributed by atoms with Gasteiger partial charge in [-0.2, -0.15) is 10.2 Å². The van der Waals surface area contributed by atoms with Crippen LogP contribution in [0.3, 0.4) is 0 Å². The number of carbonyl (C=O) groups excluding carboxylic acids is 1. The number of aromatic nitrogens is 4. The Balaban J connectivity index is 1.56. The first-order valence-corrected chi connectivity index (χ1v) is 8.64. The number of para-hydroxylation sites is 1. The molecule has 0 bridgehead atoms. The van der Waals surface area contributed by atoms with Gasteiger partial charge in [-0.15, -0.1) is 0 Å². The van der Waals surface area contributed by atoms with E-state index in [2.05, 4.69) is 15.5 Å². The van der Waals surface area contributed by atoms with Crippen molar-refractivity contribution in [3.63, 3.8) is 0 Å². The zero-order chi connectivity index (χ0) is 17.2. The quantitative estimate of drug-likeness (QED) is 0.753. The summed E-state index contributed by atoms with van der Waals surface area (Å²) in [5.41, 5.74) is 2.49. The van der Waals surface area contributed by atoms with Gasteiger partial charge < -0.3 is 5.32 Å². The summed E-state index contributed by atoms with van der Waals surface area (Å²) in [7, 11) is 0. The fraction of sp³-hybridized carbons (Fsp3) is 0.316. The standard InChI is InChI=1S/C19H21N5O/c1-14(13-23-11-5-10-20-23)21-19(25)18-12-17(15-8-9-15)22-24(18)16-6-3-2-4-7-16/h2-7,10-12,14-15H,8-9,13H2,1H3,(H,21,25)/t14-/m1/s1. The molecule has 6 nitrogen and oxygen atoms in total. The number of hydrogen-bond acceptors (Lipinski definition) is 3. The Morgan fingerprint density at radius 2 is 2.08 bits per heavy atom. The van der Waals surface area contributed by atoms with Crippen molar-refractivity contribution < 1.29 is 4.79 Å². The zero-order valence-corrected chi connectivity index (χ0v) is 14.2. The number of rotatable bonds is 6. The van der Waals surface area contributed by atoms with E-state index in [9.17, 15) is 4.79 Å². The largest absolute Gasteiger partial charge is 0.346 e. The summed E-state index contributed by atoms with van der Waals surface area (Å²) in [6, 6.07) is 13.6. The fourth-order valence-corrected chi connectivity index (χ4v) is 2.94. The lowest BCUT2D eigenvalue weighted by atomic mass is 10.2. The van der Waals surface area contributed by atoms with Crippen LogP contribution >= 0.6 is 0 Å². The SMILES string of the molecule is C[C@H](Cn1cccn1)NC(=O)c1cc(C2CC2)nn1-c1ccccc1. The fourth-order valence-electron chi connectivity index (χ4n) is 2.94. The third-order valence-corrected chi connectivity index (χ3v) is 4.35. The van der Waals surface area contributed by atoms with Gasteiger partial charge in [0.15, 0.2) is 0 Å². The molecule has 0 spiro atoms. The average Bonchev–Trinajstić information content (AvgIpc) is 3.16. The van der Waals surface area contributed by atoms with Crippen molar-refractivity contribution in [3.8, 4) is 5.69 Å². The Hall–Kier alpha value is -2.89. The maximum absolute atomic E-state index is 12.8. The molecule has 128 valence electrons. The Labute approximate surface area is 146 Å². The molecule has 1 atom stereocenters. The van der Waals surface area contributed by atoms with E-state index in [0.717, 1.165) is 24.2 Å². The summed E-state index contributed by atoms with van der Waals surface area (Å²) in [4.78, 5) is 12.8. The third kappa shape index (κ3) is 3.47. The Kier molecular flexibility index (Phi) is 4.09. The first-order valence-electron chi connectivity index (χ1n) is 8.64. The molecule has 2 aromatic heterocycles. The summed E-state index contributed by atoms with van der Waals surface area (Å²) < 4.78 is 3.57. The van der Waals surface area contributed by atoms with Gasteiger partial charge in [0.25, 0.3) is 5.91 Å². The Morgan fingerprint density at radius 3 is 2.76 bits per heavy atom. The highest BCUT2D eigenvalue weighted by Crippen LogP contribution is 2.39. The molecular formula is C19H21N5O. The van der Waals surface area contributed by atoms with Gasteiger partial charge in [0.05, 0.1) is 17.9 Å². The Bertz CT molecular complexity index is 849. The molecule has 1 N–H and O–H groups in total. The van der Waals surface area contributed by atoms with E-state index in [-0.39, 0.29) is 11.9 Å². The molecule has 0 unspecified atom stereocenters. The maximum atomic E-state index is 12.8. The van der Waals surface area contributed by atoms with Gasteiger partial charge in [-0.25, -0.2) is 4.68 Å². The molecule has 0 saturated heterocycles. The van der Waals surface area contributed by atoms with Gasteiger partial charge in [-0.1, -0.05) is 18.2 Å². The van der Waals surface area contributed by atoms with Gasteiger partial charge in [0.2, 0.25) is 0 Å². The van der Waals surface area contributed by atoms with E-state index in [4.69, 9.17) is 0 Å². The molecule has 3 aromatic rings. The molecular weight excluding hydrogens is 314 g/mol.